The van der Waals surface area contributed by atoms with E-state index in [0.717, 1.165) is 0 Å². The van der Waals surface area contributed by atoms with Crippen molar-refractivity contribution in [2.24, 2.45) is 0 Å². The number of nitrogens with one attached hydrogen (secondary N) is 1. The average molecular weight is 235 g/mol. The van der Waals surface area contributed by atoms with Gasteiger partial charge in [-0.05, 0) is 26.0 Å². The number of aromatic nitrogens is 1. The molecule has 0 bridgehead atoms. The molecule has 0 spiro atoms. The van der Waals surface area contributed by atoms with Crippen molar-refractivity contribution < 1.29 is 9.59 Å². The molecule has 0 aliphatic carbocycles. The number of hydrogen-bond acceptors (Lipinski definition) is 3. The van der Waals surface area contributed by atoms with Gasteiger partial charge in [0.1, 0.15) is 0 Å². The fraction of sp³-hybridized carbons (Fsp3) is 0.417. The molecule has 5 heteroatoms. The highest BCUT2D eigenvalue weighted by Crippen LogP contribution is 1.95. The maximum Gasteiger partial charge on any atom is 0.253 e. The van der Waals surface area contributed by atoms with E-state index in [2.05, 4.69) is 10.3 Å². The molecule has 0 saturated heterocycles. The Morgan fingerprint density at radius 3 is 2.59 bits per heavy atom. The zero-order valence-corrected chi connectivity index (χ0v) is 10.1. The van der Waals surface area contributed by atoms with Gasteiger partial charge < -0.3 is 10.2 Å². The van der Waals surface area contributed by atoms with Gasteiger partial charge >= 0.3 is 0 Å². The van der Waals surface area contributed by atoms with Gasteiger partial charge in [0.25, 0.3) is 5.91 Å². The summed E-state index contributed by atoms with van der Waals surface area (Å²) in [6.07, 6.45) is 3.06. The van der Waals surface area contributed by atoms with Crippen molar-refractivity contribution in [1.29, 1.82) is 0 Å². The molecular formula is C12H17N3O2. The van der Waals surface area contributed by atoms with Gasteiger partial charge in [-0.3, -0.25) is 14.6 Å². The smallest absolute Gasteiger partial charge is 0.253 e. The molecule has 1 heterocycles. The van der Waals surface area contributed by atoms with Crippen LogP contribution < -0.4 is 5.32 Å². The number of carbonyl (C=O) groups is 2. The van der Waals surface area contributed by atoms with Crippen molar-refractivity contribution in [3.05, 3.63) is 30.1 Å². The molecule has 2 amide bonds. The molecule has 5 nitrogen and oxygen atoms in total. The number of pyridine rings is 1. The molecular weight excluding hydrogens is 218 g/mol. The van der Waals surface area contributed by atoms with Crippen LogP contribution in [0.3, 0.4) is 0 Å². The summed E-state index contributed by atoms with van der Waals surface area (Å²) in [6.45, 7) is 5.14. The maximum absolute atomic E-state index is 11.6. The highest BCUT2D eigenvalue weighted by atomic mass is 16.2. The van der Waals surface area contributed by atoms with Gasteiger partial charge in [0.15, 0.2) is 0 Å². The van der Waals surface area contributed by atoms with E-state index in [1.807, 2.05) is 13.8 Å². The van der Waals surface area contributed by atoms with Gasteiger partial charge in [-0.15, -0.1) is 0 Å². The van der Waals surface area contributed by atoms with Gasteiger partial charge in [-0.25, -0.2) is 0 Å². The standard InChI is InChI=1S/C12H17N3O2/c1-3-15(4-2)11(16)9-14-12(17)10-6-5-7-13-8-10/h5-8H,3-4,9H2,1-2H3,(H,14,17). The molecule has 0 radical (unpaired) electrons. The molecule has 0 unspecified atom stereocenters. The lowest BCUT2D eigenvalue weighted by Gasteiger charge is -2.18. The molecule has 1 N–H and O–H groups in total. The van der Waals surface area contributed by atoms with Gasteiger partial charge in [-0.2, -0.15) is 0 Å². The Bertz CT molecular complexity index is 375. The highest BCUT2D eigenvalue weighted by molar-refractivity contribution is 5.96. The summed E-state index contributed by atoms with van der Waals surface area (Å²) in [5.74, 6) is -0.356. The number of amides is 2. The minimum Gasteiger partial charge on any atom is -0.343 e. The van der Waals surface area contributed by atoms with Gasteiger partial charge in [0.2, 0.25) is 5.91 Å². The van der Waals surface area contributed by atoms with Crippen LogP contribution >= 0.6 is 0 Å². The fourth-order valence-electron chi connectivity index (χ4n) is 1.44. The Hall–Kier alpha value is -1.91. The van der Waals surface area contributed by atoms with Gasteiger partial charge in [0, 0.05) is 25.5 Å². The summed E-state index contributed by atoms with van der Waals surface area (Å²) in [6, 6.07) is 3.34. The van der Waals surface area contributed by atoms with Gasteiger partial charge in [-0.1, -0.05) is 0 Å². The number of likely N-dealkylation sites (N-methyl/N-ethyl adjacent to an activating group) is 1. The summed E-state index contributed by atoms with van der Waals surface area (Å²) < 4.78 is 0. The second kappa shape index (κ2) is 6.62. The summed E-state index contributed by atoms with van der Waals surface area (Å²) in [7, 11) is 0. The van der Waals surface area contributed by atoms with Crippen LogP contribution in [-0.2, 0) is 4.79 Å². The second-order valence-electron chi connectivity index (χ2n) is 3.49. The zero-order valence-electron chi connectivity index (χ0n) is 10.1. The number of carbonyl (C=O) groups excluding carboxylic acids is 2. The Morgan fingerprint density at radius 1 is 1.35 bits per heavy atom. The first-order valence-electron chi connectivity index (χ1n) is 5.65. The molecule has 1 rings (SSSR count). The lowest BCUT2D eigenvalue weighted by atomic mass is 10.3. The van der Waals surface area contributed by atoms with E-state index in [9.17, 15) is 9.59 Å². The summed E-state index contributed by atoms with van der Waals surface area (Å²) in [5, 5.41) is 2.58. The predicted molar refractivity (Wildman–Crippen MR) is 64.5 cm³/mol. The number of hydrogen-bond donors (Lipinski definition) is 1. The third-order valence-electron chi connectivity index (χ3n) is 2.44. The Labute approximate surface area is 101 Å². The van der Waals surface area contributed by atoms with Crippen LogP contribution in [0.15, 0.2) is 24.5 Å². The monoisotopic (exact) mass is 235 g/mol. The Morgan fingerprint density at radius 2 is 2.06 bits per heavy atom. The van der Waals surface area contributed by atoms with Crippen LogP contribution in [0.25, 0.3) is 0 Å². The minimum absolute atomic E-state index is 0.0232. The molecule has 0 aliphatic rings. The first kappa shape index (κ1) is 13.2. The summed E-state index contributed by atoms with van der Waals surface area (Å²) in [5.41, 5.74) is 0.458. The summed E-state index contributed by atoms with van der Waals surface area (Å²) in [4.78, 5) is 28.8. The molecule has 17 heavy (non-hydrogen) atoms. The number of rotatable bonds is 5. The molecule has 0 aromatic carbocycles. The lowest BCUT2D eigenvalue weighted by Crippen LogP contribution is -2.40. The largest absolute Gasteiger partial charge is 0.343 e. The quantitative estimate of drug-likeness (QED) is 0.816. The van der Waals surface area contributed by atoms with E-state index in [4.69, 9.17) is 0 Å². The third-order valence-corrected chi connectivity index (χ3v) is 2.44. The topological polar surface area (TPSA) is 62.3 Å². The molecule has 1 aromatic heterocycles. The zero-order chi connectivity index (χ0) is 12.7. The first-order valence-corrected chi connectivity index (χ1v) is 5.65. The van der Waals surface area contributed by atoms with Crippen molar-refractivity contribution in [3.8, 4) is 0 Å². The Balaban J connectivity index is 2.46. The highest BCUT2D eigenvalue weighted by Gasteiger charge is 2.11. The predicted octanol–water partition coefficient (Wildman–Crippen LogP) is 0.680. The normalized spacial score (nSPS) is 9.76. The molecule has 0 atom stereocenters. The van der Waals surface area contributed by atoms with Gasteiger partial charge in [0.05, 0.1) is 12.1 Å². The minimum atomic E-state index is -0.279. The van der Waals surface area contributed by atoms with E-state index >= 15 is 0 Å². The van der Waals surface area contributed by atoms with Crippen LogP contribution in [-0.4, -0.2) is 41.3 Å². The third kappa shape index (κ3) is 3.86. The van der Waals surface area contributed by atoms with Crippen molar-refractivity contribution in [3.63, 3.8) is 0 Å². The number of nitrogens with zero attached hydrogens (tertiary/aromatic N) is 2. The van der Waals surface area contributed by atoms with E-state index in [1.165, 1.54) is 6.20 Å². The van der Waals surface area contributed by atoms with Crippen LogP contribution in [0.4, 0.5) is 0 Å². The maximum atomic E-state index is 11.6. The van der Waals surface area contributed by atoms with E-state index in [-0.39, 0.29) is 18.4 Å². The van der Waals surface area contributed by atoms with E-state index in [1.54, 1.807) is 23.2 Å². The molecule has 1 aromatic rings. The second-order valence-corrected chi connectivity index (χ2v) is 3.49. The Kier molecular flexibility index (Phi) is 5.13. The molecule has 92 valence electrons. The molecule has 0 fully saturated rings. The van der Waals surface area contributed by atoms with Crippen LogP contribution in [0.5, 0.6) is 0 Å². The molecule has 0 saturated carbocycles. The van der Waals surface area contributed by atoms with Crippen LogP contribution in [0, 0.1) is 0 Å². The van der Waals surface area contributed by atoms with E-state index in [0.29, 0.717) is 18.7 Å². The SMILES string of the molecule is CCN(CC)C(=O)CNC(=O)c1cccnc1. The summed E-state index contributed by atoms with van der Waals surface area (Å²) >= 11 is 0. The lowest BCUT2D eigenvalue weighted by molar-refractivity contribution is -0.129. The van der Waals surface area contributed by atoms with Crippen LogP contribution in [0.2, 0.25) is 0 Å². The van der Waals surface area contributed by atoms with Crippen molar-refractivity contribution in [1.82, 2.24) is 15.2 Å². The van der Waals surface area contributed by atoms with E-state index < -0.39 is 0 Å². The average Bonchev–Trinajstić information content (AvgIpc) is 2.38. The van der Waals surface area contributed by atoms with Crippen molar-refractivity contribution in [2.45, 2.75) is 13.8 Å². The fourth-order valence-corrected chi connectivity index (χ4v) is 1.44. The van der Waals surface area contributed by atoms with Crippen LogP contribution in [0.1, 0.15) is 24.2 Å². The van der Waals surface area contributed by atoms with Crippen molar-refractivity contribution in [2.75, 3.05) is 19.6 Å². The molecule has 0 aliphatic heterocycles. The van der Waals surface area contributed by atoms with Crippen molar-refractivity contribution >= 4 is 11.8 Å². The first-order chi connectivity index (χ1) is 8.19.